The maximum atomic E-state index is 6.65. The highest BCUT2D eigenvalue weighted by Crippen LogP contribution is 2.61. The normalized spacial score (nSPS) is 13.5. The average Bonchev–Trinajstić information content (AvgIpc) is 3.59. The molecule has 0 amide bonds. The van der Waals surface area contributed by atoms with Gasteiger partial charge in [-0.3, -0.25) is 0 Å². The van der Waals surface area contributed by atoms with Crippen LogP contribution in [0.2, 0.25) is 0 Å². The van der Waals surface area contributed by atoms with E-state index in [0.717, 1.165) is 28.6 Å². The zero-order chi connectivity index (χ0) is 35.4. The minimum atomic E-state index is -0.565. The van der Waals surface area contributed by atoms with Crippen LogP contribution in [0.25, 0.3) is 52.8 Å². The number of benzene rings is 9. The number of nitrogens with zero attached hydrogens (tertiary/aromatic N) is 1. The number of anilines is 3. The molecule has 1 aliphatic heterocycles. The van der Waals surface area contributed by atoms with E-state index in [1.165, 1.54) is 75.1 Å². The van der Waals surface area contributed by atoms with Crippen LogP contribution in [0.1, 0.15) is 22.3 Å². The van der Waals surface area contributed by atoms with E-state index in [0.29, 0.717) is 0 Å². The second kappa shape index (κ2) is 11.2. The van der Waals surface area contributed by atoms with Crippen molar-refractivity contribution in [2.75, 3.05) is 4.90 Å². The molecule has 2 nitrogen and oxygen atoms in total. The SMILES string of the molecule is c1ccc(N(c2ccc3c(c2)sc2cc4ccccc4cc23)c2ccc3c4c(cccc24)C2(c4ccccc4Oc4ccccc42)c2ccccc2-3)cc1. The zero-order valence-electron chi connectivity index (χ0n) is 29.2. The molecule has 0 unspecified atom stereocenters. The lowest BCUT2D eigenvalue weighted by Gasteiger charge is -2.45. The van der Waals surface area contributed by atoms with E-state index in [9.17, 15) is 0 Å². The Bertz CT molecular complexity index is 3110. The van der Waals surface area contributed by atoms with Crippen molar-refractivity contribution in [1.29, 1.82) is 0 Å². The van der Waals surface area contributed by atoms with E-state index in [1.807, 2.05) is 11.3 Å². The minimum absolute atomic E-state index is 0.565. The number of fused-ring (bicyclic) bond motifs is 12. The van der Waals surface area contributed by atoms with E-state index >= 15 is 0 Å². The quantitative estimate of drug-likeness (QED) is 0.181. The average molecular weight is 706 g/mol. The second-order valence-electron chi connectivity index (χ2n) is 14.4. The molecular weight excluding hydrogens is 675 g/mol. The van der Waals surface area contributed by atoms with Crippen LogP contribution in [0.4, 0.5) is 17.1 Å². The Morgan fingerprint density at radius 2 is 1.06 bits per heavy atom. The molecular formula is C51H31NOS. The van der Waals surface area contributed by atoms with Crippen molar-refractivity contribution in [1.82, 2.24) is 0 Å². The summed E-state index contributed by atoms with van der Waals surface area (Å²) in [5.74, 6) is 1.80. The molecule has 0 saturated carbocycles. The zero-order valence-corrected chi connectivity index (χ0v) is 30.0. The van der Waals surface area contributed by atoms with Crippen molar-refractivity contribution in [3.63, 3.8) is 0 Å². The van der Waals surface area contributed by atoms with Crippen LogP contribution < -0.4 is 9.64 Å². The molecule has 1 aliphatic carbocycles. The number of para-hydroxylation sites is 3. The summed E-state index contributed by atoms with van der Waals surface area (Å²) < 4.78 is 9.25. The Morgan fingerprint density at radius 3 is 1.85 bits per heavy atom. The van der Waals surface area contributed by atoms with Crippen LogP contribution in [0.3, 0.4) is 0 Å². The van der Waals surface area contributed by atoms with Gasteiger partial charge in [-0.15, -0.1) is 11.3 Å². The van der Waals surface area contributed by atoms with E-state index in [2.05, 4.69) is 193 Å². The van der Waals surface area contributed by atoms with Crippen LogP contribution in [-0.2, 0) is 5.41 Å². The third-order valence-corrected chi connectivity index (χ3v) is 12.8. The Labute approximate surface area is 316 Å². The molecule has 2 aliphatic rings. The molecule has 10 aromatic rings. The van der Waals surface area contributed by atoms with Gasteiger partial charge in [-0.1, -0.05) is 133 Å². The lowest BCUT2D eigenvalue weighted by Crippen LogP contribution is -2.36. The van der Waals surface area contributed by atoms with Crippen LogP contribution in [0.5, 0.6) is 11.5 Å². The topological polar surface area (TPSA) is 12.5 Å². The predicted octanol–water partition coefficient (Wildman–Crippen LogP) is 14.3. The molecule has 3 heteroatoms. The fourth-order valence-electron chi connectivity index (χ4n) is 9.48. The van der Waals surface area contributed by atoms with Gasteiger partial charge in [0.1, 0.15) is 11.5 Å². The summed E-state index contributed by atoms with van der Waals surface area (Å²) in [6, 6.07) is 69.0. The van der Waals surface area contributed by atoms with Gasteiger partial charge in [-0.2, -0.15) is 0 Å². The number of rotatable bonds is 3. The standard InChI is InChI=1S/C51H31NOS/c1-2-15-34(16-3-1)52(35-25-26-37-40-29-32-13-4-5-14-33(32)30-48(40)54-49(37)31-35)45-28-27-38-36-17-6-7-19-41(36)51(44-22-12-18-39(45)50(38)44)42-20-8-10-23-46(42)53-47-24-11-9-21-43(47)51/h1-31H. The van der Waals surface area contributed by atoms with Crippen molar-refractivity contribution >= 4 is 70.1 Å². The van der Waals surface area contributed by atoms with Crippen molar-refractivity contribution in [2.45, 2.75) is 5.41 Å². The number of hydrogen-bond donors (Lipinski definition) is 0. The van der Waals surface area contributed by atoms with Gasteiger partial charge >= 0.3 is 0 Å². The molecule has 12 rings (SSSR count). The minimum Gasteiger partial charge on any atom is -0.457 e. The molecule has 9 aromatic carbocycles. The van der Waals surface area contributed by atoms with Crippen molar-refractivity contribution in [2.24, 2.45) is 0 Å². The molecule has 0 fully saturated rings. The van der Waals surface area contributed by atoms with Crippen LogP contribution >= 0.6 is 11.3 Å². The predicted molar refractivity (Wildman–Crippen MR) is 226 cm³/mol. The molecule has 0 radical (unpaired) electrons. The summed E-state index contributed by atoms with van der Waals surface area (Å²) in [6.45, 7) is 0. The van der Waals surface area contributed by atoms with Gasteiger partial charge in [-0.05, 0) is 93.0 Å². The van der Waals surface area contributed by atoms with Crippen LogP contribution in [0, 0.1) is 0 Å². The largest absolute Gasteiger partial charge is 0.457 e. The molecule has 2 heterocycles. The number of ether oxygens (including phenoxy) is 1. The van der Waals surface area contributed by atoms with E-state index in [4.69, 9.17) is 4.74 Å². The summed E-state index contributed by atoms with van der Waals surface area (Å²) in [4.78, 5) is 2.45. The third-order valence-electron chi connectivity index (χ3n) is 11.7. The lowest BCUT2D eigenvalue weighted by atomic mass is 9.58. The Hall–Kier alpha value is -6.68. The smallest absolute Gasteiger partial charge is 0.132 e. The monoisotopic (exact) mass is 705 g/mol. The van der Waals surface area contributed by atoms with Gasteiger partial charge in [0.25, 0.3) is 0 Å². The third kappa shape index (κ3) is 3.99. The van der Waals surface area contributed by atoms with E-state index in [-0.39, 0.29) is 0 Å². The molecule has 0 bridgehead atoms. The Balaban J connectivity index is 1.15. The summed E-state index contributed by atoms with van der Waals surface area (Å²) in [6.07, 6.45) is 0. The van der Waals surface area contributed by atoms with Gasteiger partial charge < -0.3 is 9.64 Å². The number of thiophene rings is 1. The maximum absolute atomic E-state index is 6.65. The second-order valence-corrected chi connectivity index (χ2v) is 15.5. The summed E-state index contributed by atoms with van der Waals surface area (Å²) >= 11 is 1.88. The summed E-state index contributed by atoms with van der Waals surface area (Å²) in [5, 5.41) is 7.65. The van der Waals surface area contributed by atoms with Crippen LogP contribution in [0.15, 0.2) is 188 Å². The first kappa shape index (κ1) is 29.9. The number of hydrogen-bond acceptors (Lipinski definition) is 3. The summed E-state index contributed by atoms with van der Waals surface area (Å²) in [7, 11) is 0. The van der Waals surface area contributed by atoms with Gasteiger partial charge in [0, 0.05) is 48.1 Å². The fraction of sp³-hybridized carbons (Fsp3) is 0.0196. The highest BCUT2D eigenvalue weighted by Gasteiger charge is 2.49. The molecule has 0 N–H and O–H groups in total. The first-order chi connectivity index (χ1) is 26.8. The van der Waals surface area contributed by atoms with Crippen molar-refractivity contribution in [3.05, 3.63) is 210 Å². The Morgan fingerprint density at radius 1 is 0.407 bits per heavy atom. The van der Waals surface area contributed by atoms with Crippen molar-refractivity contribution < 1.29 is 4.74 Å². The first-order valence-electron chi connectivity index (χ1n) is 18.5. The lowest BCUT2D eigenvalue weighted by molar-refractivity contribution is 0.435. The fourth-order valence-corrected chi connectivity index (χ4v) is 10.7. The first-order valence-corrected chi connectivity index (χ1v) is 19.3. The maximum Gasteiger partial charge on any atom is 0.132 e. The summed E-state index contributed by atoms with van der Waals surface area (Å²) in [5.41, 5.74) is 10.3. The van der Waals surface area contributed by atoms with E-state index in [1.54, 1.807) is 0 Å². The van der Waals surface area contributed by atoms with Gasteiger partial charge in [-0.25, -0.2) is 0 Å². The molecule has 0 atom stereocenters. The highest BCUT2D eigenvalue weighted by atomic mass is 32.1. The van der Waals surface area contributed by atoms with Gasteiger partial charge in [0.05, 0.1) is 11.1 Å². The molecule has 1 spiro atoms. The molecule has 54 heavy (non-hydrogen) atoms. The van der Waals surface area contributed by atoms with Gasteiger partial charge in [0.15, 0.2) is 0 Å². The van der Waals surface area contributed by atoms with E-state index < -0.39 is 5.41 Å². The van der Waals surface area contributed by atoms with Gasteiger partial charge in [0.2, 0.25) is 0 Å². The van der Waals surface area contributed by atoms with Crippen LogP contribution in [-0.4, -0.2) is 0 Å². The highest BCUT2D eigenvalue weighted by molar-refractivity contribution is 7.25. The molecule has 1 aromatic heterocycles. The molecule has 252 valence electrons. The van der Waals surface area contributed by atoms with Crippen molar-refractivity contribution in [3.8, 4) is 22.6 Å². The molecule has 0 saturated heterocycles. The Kier molecular flexibility index (Phi) is 6.17.